The van der Waals surface area contributed by atoms with Gasteiger partial charge in [0.2, 0.25) is 0 Å². The largest absolute Gasteiger partial charge is 0.508 e. The van der Waals surface area contributed by atoms with E-state index in [0.717, 1.165) is 25.7 Å². The maximum Gasteiger partial charge on any atom is 0.115 e. The molecule has 0 saturated heterocycles. The molecular weight excluding hydrogens is 224 g/mol. The summed E-state index contributed by atoms with van der Waals surface area (Å²) >= 11 is 0. The number of fused-ring (bicyclic) bond motifs is 2. The van der Waals surface area contributed by atoms with Crippen molar-refractivity contribution in [3.8, 4) is 11.5 Å². The highest BCUT2D eigenvalue weighted by atomic mass is 16.3. The Labute approximate surface area is 107 Å². The van der Waals surface area contributed by atoms with Gasteiger partial charge in [-0.25, -0.2) is 0 Å². The van der Waals surface area contributed by atoms with E-state index in [2.05, 4.69) is 0 Å². The van der Waals surface area contributed by atoms with Crippen LogP contribution in [0.2, 0.25) is 0 Å². The minimum atomic E-state index is 0.338. The summed E-state index contributed by atoms with van der Waals surface area (Å²) in [6.45, 7) is 0. The van der Waals surface area contributed by atoms with Gasteiger partial charge in [-0.2, -0.15) is 0 Å². The molecule has 0 spiro atoms. The normalized spacial score (nSPS) is 14.2. The molecule has 0 unspecified atom stereocenters. The number of hydrogen-bond donors (Lipinski definition) is 2. The van der Waals surface area contributed by atoms with Crippen LogP contribution in [0.1, 0.15) is 22.3 Å². The molecule has 2 aromatic rings. The number of phenolic OH excluding ortho intramolecular Hbond substituents is 2. The van der Waals surface area contributed by atoms with Crippen LogP contribution in [0.3, 0.4) is 0 Å². The monoisotopic (exact) mass is 240 g/mol. The predicted octanol–water partition coefficient (Wildman–Crippen LogP) is 2.98. The van der Waals surface area contributed by atoms with Crippen molar-refractivity contribution in [2.75, 3.05) is 0 Å². The van der Waals surface area contributed by atoms with Crippen molar-refractivity contribution in [3.63, 3.8) is 0 Å². The lowest BCUT2D eigenvalue weighted by Gasteiger charge is -2.17. The molecule has 0 amide bonds. The van der Waals surface area contributed by atoms with E-state index in [9.17, 15) is 10.2 Å². The van der Waals surface area contributed by atoms with Gasteiger partial charge in [0.1, 0.15) is 11.5 Å². The molecule has 3 rings (SSSR count). The Balaban J connectivity index is 1.97. The maximum atomic E-state index is 9.55. The summed E-state index contributed by atoms with van der Waals surface area (Å²) in [6, 6.07) is 11.3. The third kappa shape index (κ3) is 2.06. The van der Waals surface area contributed by atoms with Crippen molar-refractivity contribution in [2.24, 2.45) is 0 Å². The zero-order valence-corrected chi connectivity index (χ0v) is 10.2. The number of rotatable bonds is 0. The zero-order chi connectivity index (χ0) is 12.5. The van der Waals surface area contributed by atoms with Gasteiger partial charge in [0.25, 0.3) is 0 Å². The average Bonchev–Trinajstić information content (AvgIpc) is 2.34. The average molecular weight is 240 g/mol. The van der Waals surface area contributed by atoms with Gasteiger partial charge >= 0.3 is 0 Å². The Morgan fingerprint density at radius 3 is 1.39 bits per heavy atom. The van der Waals surface area contributed by atoms with Crippen LogP contribution in [0.25, 0.3) is 0 Å². The SMILES string of the molecule is Oc1ccc2c(c1)CCc1cc(O)ccc1CC2. The molecular formula is C16H16O2. The lowest BCUT2D eigenvalue weighted by Crippen LogP contribution is -2.06. The molecule has 0 saturated carbocycles. The molecule has 1 aliphatic rings. The molecule has 1 aliphatic carbocycles. The molecule has 2 N–H and O–H groups in total. The first-order valence-corrected chi connectivity index (χ1v) is 6.34. The van der Waals surface area contributed by atoms with Crippen LogP contribution in [0.5, 0.6) is 11.5 Å². The molecule has 0 bridgehead atoms. The Bertz CT molecular complexity index is 534. The summed E-state index contributed by atoms with van der Waals surface area (Å²) in [7, 11) is 0. The van der Waals surface area contributed by atoms with E-state index in [0.29, 0.717) is 11.5 Å². The zero-order valence-electron chi connectivity index (χ0n) is 10.2. The Morgan fingerprint density at radius 2 is 0.944 bits per heavy atom. The van der Waals surface area contributed by atoms with Crippen LogP contribution < -0.4 is 0 Å². The lowest BCUT2D eigenvalue weighted by molar-refractivity contribution is 0.472. The van der Waals surface area contributed by atoms with Gasteiger partial charge in [-0.1, -0.05) is 12.1 Å². The highest BCUT2D eigenvalue weighted by Gasteiger charge is 2.12. The molecule has 0 aliphatic heterocycles. The minimum absolute atomic E-state index is 0.338. The number of hydrogen-bond acceptors (Lipinski definition) is 2. The van der Waals surface area contributed by atoms with Crippen LogP contribution in [0, 0.1) is 0 Å². The summed E-state index contributed by atoms with van der Waals surface area (Å²) in [5, 5.41) is 19.1. The predicted molar refractivity (Wildman–Crippen MR) is 71.0 cm³/mol. The third-order valence-electron chi connectivity index (χ3n) is 3.71. The number of phenols is 2. The van der Waals surface area contributed by atoms with Crippen molar-refractivity contribution >= 4 is 0 Å². The van der Waals surface area contributed by atoms with Gasteiger partial charge in [-0.3, -0.25) is 0 Å². The number of aromatic hydroxyl groups is 2. The number of benzene rings is 2. The molecule has 92 valence electrons. The van der Waals surface area contributed by atoms with Crippen molar-refractivity contribution in [1.82, 2.24) is 0 Å². The molecule has 18 heavy (non-hydrogen) atoms. The fourth-order valence-electron chi connectivity index (χ4n) is 2.72. The van der Waals surface area contributed by atoms with E-state index in [-0.39, 0.29) is 0 Å². The highest BCUT2D eigenvalue weighted by molar-refractivity contribution is 5.41. The van der Waals surface area contributed by atoms with Crippen molar-refractivity contribution in [3.05, 3.63) is 58.7 Å². The van der Waals surface area contributed by atoms with Crippen LogP contribution in [-0.4, -0.2) is 10.2 Å². The van der Waals surface area contributed by atoms with E-state index in [1.807, 2.05) is 24.3 Å². The van der Waals surface area contributed by atoms with Crippen molar-refractivity contribution in [1.29, 1.82) is 0 Å². The second-order valence-corrected chi connectivity index (χ2v) is 4.91. The topological polar surface area (TPSA) is 40.5 Å². The Hall–Kier alpha value is -1.96. The van der Waals surface area contributed by atoms with Crippen LogP contribution in [-0.2, 0) is 25.7 Å². The second-order valence-electron chi connectivity index (χ2n) is 4.91. The van der Waals surface area contributed by atoms with Gasteiger partial charge < -0.3 is 10.2 Å². The van der Waals surface area contributed by atoms with Crippen molar-refractivity contribution < 1.29 is 10.2 Å². The van der Waals surface area contributed by atoms with E-state index in [1.54, 1.807) is 12.1 Å². The van der Waals surface area contributed by atoms with E-state index in [1.165, 1.54) is 22.3 Å². The fourth-order valence-corrected chi connectivity index (χ4v) is 2.72. The van der Waals surface area contributed by atoms with Gasteiger partial charge in [0, 0.05) is 0 Å². The Kier molecular flexibility index (Phi) is 2.71. The van der Waals surface area contributed by atoms with Gasteiger partial charge in [0.15, 0.2) is 0 Å². The van der Waals surface area contributed by atoms with Gasteiger partial charge in [0.05, 0.1) is 0 Å². The highest BCUT2D eigenvalue weighted by Crippen LogP contribution is 2.26. The number of aryl methyl sites for hydroxylation is 4. The van der Waals surface area contributed by atoms with E-state index >= 15 is 0 Å². The quantitative estimate of drug-likeness (QED) is 0.743. The lowest BCUT2D eigenvalue weighted by atomic mass is 9.89. The first kappa shape index (κ1) is 11.1. The summed E-state index contributed by atoms with van der Waals surface area (Å²) in [5.74, 6) is 0.677. The summed E-state index contributed by atoms with van der Waals surface area (Å²) in [6.07, 6.45) is 3.82. The maximum absolute atomic E-state index is 9.55. The van der Waals surface area contributed by atoms with Crippen LogP contribution in [0.4, 0.5) is 0 Å². The first-order valence-electron chi connectivity index (χ1n) is 6.34. The summed E-state index contributed by atoms with van der Waals surface area (Å²) < 4.78 is 0. The standard InChI is InChI=1S/C16H16O2/c17-15-7-5-11-1-2-12-6-8-16(18)10-14(12)4-3-13(11)9-15/h5-10,17-18H,1-4H2. The summed E-state index contributed by atoms with van der Waals surface area (Å²) in [4.78, 5) is 0. The van der Waals surface area contributed by atoms with Crippen LogP contribution in [0.15, 0.2) is 36.4 Å². The van der Waals surface area contributed by atoms with E-state index in [4.69, 9.17) is 0 Å². The smallest absolute Gasteiger partial charge is 0.115 e. The van der Waals surface area contributed by atoms with E-state index < -0.39 is 0 Å². The molecule has 0 heterocycles. The van der Waals surface area contributed by atoms with Gasteiger partial charge in [-0.05, 0) is 72.2 Å². The second kappa shape index (κ2) is 4.37. The molecule has 2 aromatic carbocycles. The van der Waals surface area contributed by atoms with Crippen molar-refractivity contribution in [2.45, 2.75) is 25.7 Å². The third-order valence-corrected chi connectivity index (χ3v) is 3.71. The fraction of sp³-hybridized carbons (Fsp3) is 0.250. The summed E-state index contributed by atoms with van der Waals surface area (Å²) in [5.41, 5.74) is 5.10. The molecule has 0 atom stereocenters. The minimum Gasteiger partial charge on any atom is -0.508 e. The molecule has 2 nitrogen and oxygen atoms in total. The Morgan fingerprint density at radius 1 is 0.556 bits per heavy atom. The van der Waals surface area contributed by atoms with Crippen LogP contribution >= 0.6 is 0 Å². The molecule has 0 radical (unpaired) electrons. The molecule has 0 fully saturated rings. The van der Waals surface area contributed by atoms with Gasteiger partial charge in [-0.15, -0.1) is 0 Å². The molecule has 0 aromatic heterocycles. The first-order chi connectivity index (χ1) is 8.72. The molecule has 2 heteroatoms.